The number of carbonyl (C=O) groups excluding carboxylic acids is 1. The first kappa shape index (κ1) is 19.2. The van der Waals surface area contributed by atoms with Gasteiger partial charge in [-0.1, -0.05) is 30.3 Å². The Kier molecular flexibility index (Phi) is 6.42. The maximum absolute atomic E-state index is 13.0. The number of carbonyl (C=O) groups is 1. The predicted octanol–water partition coefficient (Wildman–Crippen LogP) is 3.68. The summed E-state index contributed by atoms with van der Waals surface area (Å²) in [5, 5.41) is 8.04. The van der Waals surface area contributed by atoms with Crippen LogP contribution in [-0.2, 0) is 6.42 Å². The number of benzene rings is 1. The zero-order valence-corrected chi connectivity index (χ0v) is 16.7. The minimum absolute atomic E-state index is 0.107. The molecule has 2 atom stereocenters. The van der Waals surface area contributed by atoms with E-state index in [2.05, 4.69) is 40.7 Å². The van der Waals surface area contributed by atoms with Crippen LogP contribution in [-0.4, -0.2) is 46.8 Å². The summed E-state index contributed by atoms with van der Waals surface area (Å²) in [6.07, 6.45) is 10.1. The monoisotopic (exact) mass is 380 g/mol. The van der Waals surface area contributed by atoms with Gasteiger partial charge >= 0.3 is 0 Å². The van der Waals surface area contributed by atoms with E-state index in [4.69, 9.17) is 0 Å². The molecule has 28 heavy (non-hydrogen) atoms. The lowest BCUT2D eigenvalue weighted by Gasteiger charge is -2.32. The molecule has 2 aliphatic heterocycles. The fourth-order valence-electron chi connectivity index (χ4n) is 4.60. The normalized spacial score (nSPS) is 22.9. The van der Waals surface area contributed by atoms with Crippen LogP contribution in [0.2, 0.25) is 0 Å². The van der Waals surface area contributed by atoms with Gasteiger partial charge in [-0.3, -0.25) is 9.48 Å². The third-order valence-electron chi connectivity index (χ3n) is 6.20. The molecule has 4 rings (SSSR count). The highest BCUT2D eigenvalue weighted by Gasteiger charge is 2.26. The first-order valence-corrected chi connectivity index (χ1v) is 10.9. The molecule has 1 aromatic heterocycles. The van der Waals surface area contributed by atoms with Gasteiger partial charge in [-0.15, -0.1) is 0 Å². The molecular weight excluding hydrogens is 348 g/mol. The lowest BCUT2D eigenvalue weighted by atomic mass is 9.91. The summed E-state index contributed by atoms with van der Waals surface area (Å²) in [6, 6.07) is 13.0. The predicted molar refractivity (Wildman–Crippen MR) is 111 cm³/mol. The number of aryl methyl sites for hydroxylation is 1. The Hall–Kier alpha value is -2.14. The molecule has 2 unspecified atom stereocenters. The molecule has 0 aliphatic carbocycles. The van der Waals surface area contributed by atoms with Gasteiger partial charge in [0.05, 0.1) is 6.04 Å². The quantitative estimate of drug-likeness (QED) is 0.832. The zero-order valence-electron chi connectivity index (χ0n) is 16.7. The van der Waals surface area contributed by atoms with Gasteiger partial charge in [0.15, 0.2) is 0 Å². The van der Waals surface area contributed by atoms with E-state index in [0.717, 1.165) is 45.4 Å². The molecule has 3 heterocycles. The smallest absolute Gasteiger partial charge is 0.274 e. The maximum Gasteiger partial charge on any atom is 0.274 e. The van der Waals surface area contributed by atoms with Gasteiger partial charge in [-0.2, -0.15) is 5.10 Å². The molecule has 150 valence electrons. The fourth-order valence-corrected chi connectivity index (χ4v) is 4.60. The first-order chi connectivity index (χ1) is 13.8. The van der Waals surface area contributed by atoms with Crippen molar-refractivity contribution in [2.75, 3.05) is 26.2 Å². The summed E-state index contributed by atoms with van der Waals surface area (Å²) in [5.74, 6) is 0.723. The molecule has 0 saturated carbocycles. The van der Waals surface area contributed by atoms with Crippen molar-refractivity contribution in [2.45, 2.75) is 51.0 Å². The molecule has 2 aliphatic rings. The maximum atomic E-state index is 13.0. The minimum atomic E-state index is 0.107. The molecule has 0 bridgehead atoms. The van der Waals surface area contributed by atoms with Crippen LogP contribution < -0.4 is 5.32 Å². The third kappa shape index (κ3) is 4.82. The molecule has 2 saturated heterocycles. The molecular formula is C23H32N4O. The highest BCUT2D eigenvalue weighted by Crippen LogP contribution is 2.23. The minimum Gasteiger partial charge on any atom is -0.337 e. The average molecular weight is 381 g/mol. The van der Waals surface area contributed by atoms with E-state index in [1.54, 1.807) is 0 Å². The van der Waals surface area contributed by atoms with Gasteiger partial charge in [0.2, 0.25) is 0 Å². The summed E-state index contributed by atoms with van der Waals surface area (Å²) in [7, 11) is 0. The Morgan fingerprint density at radius 3 is 2.86 bits per heavy atom. The Morgan fingerprint density at radius 1 is 1.14 bits per heavy atom. The number of rotatable bonds is 6. The van der Waals surface area contributed by atoms with Crippen molar-refractivity contribution in [3.63, 3.8) is 0 Å². The topological polar surface area (TPSA) is 50.2 Å². The second kappa shape index (κ2) is 9.37. The molecule has 1 N–H and O–H groups in total. The number of hydrogen-bond acceptors (Lipinski definition) is 3. The molecule has 1 aromatic carbocycles. The van der Waals surface area contributed by atoms with Crippen molar-refractivity contribution in [1.29, 1.82) is 0 Å². The van der Waals surface area contributed by atoms with Crippen LogP contribution in [0.1, 0.15) is 60.6 Å². The third-order valence-corrected chi connectivity index (χ3v) is 6.20. The SMILES string of the molecule is O=C(c1ccn(C2CCCNC2)n1)N1CCCC(CCCc2ccccc2)C1. The van der Waals surface area contributed by atoms with Crippen LogP contribution in [0.5, 0.6) is 0 Å². The largest absolute Gasteiger partial charge is 0.337 e. The Labute approximate surface area is 168 Å². The van der Waals surface area contributed by atoms with Crippen LogP contribution in [0.15, 0.2) is 42.6 Å². The average Bonchev–Trinajstić information content (AvgIpc) is 3.25. The van der Waals surface area contributed by atoms with Gasteiger partial charge in [-0.25, -0.2) is 0 Å². The lowest BCUT2D eigenvalue weighted by molar-refractivity contribution is 0.0659. The van der Waals surface area contributed by atoms with Crippen molar-refractivity contribution in [3.8, 4) is 0 Å². The Balaban J connectivity index is 1.29. The van der Waals surface area contributed by atoms with Crippen molar-refractivity contribution >= 4 is 5.91 Å². The molecule has 0 radical (unpaired) electrons. The van der Waals surface area contributed by atoms with E-state index < -0.39 is 0 Å². The second-order valence-corrected chi connectivity index (χ2v) is 8.32. The standard InChI is InChI=1S/C23H32N4O/c28-23(22-13-16-27(25-22)21-12-5-14-24-17-21)26-15-6-11-20(18-26)10-4-9-19-7-2-1-3-8-19/h1-3,7-8,13,16,20-21,24H,4-6,9-12,14-15,17-18H2. The van der Waals surface area contributed by atoms with Gasteiger partial charge in [0, 0.05) is 25.8 Å². The lowest BCUT2D eigenvalue weighted by Crippen LogP contribution is -2.40. The van der Waals surface area contributed by atoms with Crippen molar-refractivity contribution in [1.82, 2.24) is 20.0 Å². The highest BCUT2D eigenvalue weighted by molar-refractivity contribution is 5.92. The van der Waals surface area contributed by atoms with Crippen LogP contribution in [0, 0.1) is 5.92 Å². The fraction of sp³-hybridized carbons (Fsp3) is 0.565. The number of likely N-dealkylation sites (tertiary alicyclic amines) is 1. The van der Waals surface area contributed by atoms with E-state index in [-0.39, 0.29) is 5.91 Å². The number of nitrogens with one attached hydrogen (secondary N) is 1. The summed E-state index contributed by atoms with van der Waals surface area (Å²) >= 11 is 0. The second-order valence-electron chi connectivity index (χ2n) is 8.32. The number of nitrogens with zero attached hydrogens (tertiary/aromatic N) is 3. The highest BCUT2D eigenvalue weighted by atomic mass is 16.2. The Morgan fingerprint density at radius 2 is 2.04 bits per heavy atom. The summed E-state index contributed by atoms with van der Waals surface area (Å²) < 4.78 is 1.99. The van der Waals surface area contributed by atoms with Crippen molar-refractivity contribution in [2.24, 2.45) is 5.92 Å². The van der Waals surface area contributed by atoms with E-state index in [0.29, 0.717) is 17.7 Å². The summed E-state index contributed by atoms with van der Waals surface area (Å²) in [5.41, 5.74) is 2.02. The number of hydrogen-bond donors (Lipinski definition) is 1. The Bertz CT molecular complexity index is 751. The molecule has 2 fully saturated rings. The van der Waals surface area contributed by atoms with E-state index in [1.807, 2.05) is 21.8 Å². The molecule has 5 heteroatoms. The van der Waals surface area contributed by atoms with Gasteiger partial charge in [0.25, 0.3) is 5.91 Å². The summed E-state index contributed by atoms with van der Waals surface area (Å²) in [4.78, 5) is 15.0. The van der Waals surface area contributed by atoms with Gasteiger partial charge in [-0.05, 0) is 69.0 Å². The first-order valence-electron chi connectivity index (χ1n) is 10.9. The number of amides is 1. The van der Waals surface area contributed by atoms with Crippen LogP contribution in [0.3, 0.4) is 0 Å². The van der Waals surface area contributed by atoms with E-state index >= 15 is 0 Å². The van der Waals surface area contributed by atoms with Crippen LogP contribution >= 0.6 is 0 Å². The number of piperidine rings is 2. The van der Waals surface area contributed by atoms with Crippen molar-refractivity contribution < 1.29 is 4.79 Å². The van der Waals surface area contributed by atoms with Crippen molar-refractivity contribution in [3.05, 3.63) is 53.9 Å². The van der Waals surface area contributed by atoms with Gasteiger partial charge in [0.1, 0.15) is 5.69 Å². The van der Waals surface area contributed by atoms with Crippen LogP contribution in [0.4, 0.5) is 0 Å². The molecule has 2 aromatic rings. The molecule has 0 spiro atoms. The van der Waals surface area contributed by atoms with Crippen LogP contribution in [0.25, 0.3) is 0 Å². The molecule has 1 amide bonds. The zero-order chi connectivity index (χ0) is 19.2. The number of aromatic nitrogens is 2. The molecule has 5 nitrogen and oxygen atoms in total. The van der Waals surface area contributed by atoms with Gasteiger partial charge < -0.3 is 10.2 Å². The van der Waals surface area contributed by atoms with E-state index in [9.17, 15) is 4.79 Å². The van der Waals surface area contributed by atoms with E-state index in [1.165, 1.54) is 31.2 Å². The summed E-state index contributed by atoms with van der Waals surface area (Å²) in [6.45, 7) is 3.78.